The molecule has 2 heterocycles. The van der Waals surface area contributed by atoms with E-state index in [2.05, 4.69) is 22.3 Å². The second-order valence-corrected chi connectivity index (χ2v) is 11.7. The normalized spacial score (nSPS) is 18.2. The van der Waals surface area contributed by atoms with Crippen molar-refractivity contribution in [2.24, 2.45) is 10.9 Å². The standard InChI is InChI=1S/C36H40N4O6/c1-2-12-27(23-31(41)40-21-22-46-36(40)45)33(35(43)44)38-32(26-15-7-4-8-16-26)28-17-9-10-18-29(28)37-34(42)30-19-11-20-39(30)24-25-13-5-3-6-14-25/h3-10,13-18,27,30,33H,2,11-12,19-24H2,1H3,(H,37,42)(H,43,44)/t27-,30-,33-/m0/s1. The Balaban J connectivity index is 1.46. The van der Waals surface area contributed by atoms with Gasteiger partial charge in [0.1, 0.15) is 6.61 Å². The number of hydrogen-bond acceptors (Lipinski definition) is 7. The molecule has 0 unspecified atom stereocenters. The van der Waals surface area contributed by atoms with Gasteiger partial charge in [-0.2, -0.15) is 0 Å². The number of nitrogens with zero attached hydrogens (tertiary/aromatic N) is 3. The molecule has 2 saturated heterocycles. The fraction of sp³-hybridized carbons (Fsp3) is 0.361. The second kappa shape index (κ2) is 15.4. The van der Waals surface area contributed by atoms with Gasteiger partial charge in [0.2, 0.25) is 11.8 Å². The molecule has 0 saturated carbocycles. The molecule has 0 radical (unpaired) electrons. The number of anilines is 1. The van der Waals surface area contributed by atoms with Crippen LogP contribution in [0.5, 0.6) is 0 Å². The minimum Gasteiger partial charge on any atom is -0.480 e. The first kappa shape index (κ1) is 32.6. The summed E-state index contributed by atoms with van der Waals surface area (Å²) < 4.78 is 4.92. The molecule has 3 amide bonds. The minimum absolute atomic E-state index is 0.120. The average Bonchev–Trinajstić information content (AvgIpc) is 3.71. The van der Waals surface area contributed by atoms with E-state index < -0.39 is 29.9 Å². The number of carbonyl (C=O) groups excluding carboxylic acids is 3. The van der Waals surface area contributed by atoms with Crippen molar-refractivity contribution < 1.29 is 29.0 Å². The van der Waals surface area contributed by atoms with Crippen LogP contribution in [0.3, 0.4) is 0 Å². The largest absolute Gasteiger partial charge is 0.480 e. The SMILES string of the molecule is CCC[C@@H](CC(=O)N1CCOC1=O)[C@H](N=C(c1ccccc1)c1ccccc1NC(=O)[C@@H]1CCCN1Cc1ccccc1)C(=O)O. The first-order chi connectivity index (χ1) is 22.4. The molecular weight excluding hydrogens is 584 g/mol. The lowest BCUT2D eigenvalue weighted by molar-refractivity contribution is -0.140. The highest BCUT2D eigenvalue weighted by atomic mass is 16.6. The van der Waals surface area contributed by atoms with Crippen molar-refractivity contribution in [2.75, 3.05) is 25.0 Å². The highest BCUT2D eigenvalue weighted by Gasteiger charge is 2.36. The summed E-state index contributed by atoms with van der Waals surface area (Å²) in [5.74, 6) is -2.45. The third kappa shape index (κ3) is 7.87. The Kier molecular flexibility index (Phi) is 10.9. The van der Waals surface area contributed by atoms with E-state index in [0.717, 1.165) is 29.8 Å². The van der Waals surface area contributed by atoms with Crippen LogP contribution in [0.4, 0.5) is 10.5 Å². The molecule has 3 aromatic rings. The maximum absolute atomic E-state index is 13.8. The number of ether oxygens (including phenoxy) is 1. The Hall–Kier alpha value is -4.83. The molecule has 46 heavy (non-hydrogen) atoms. The topological polar surface area (TPSA) is 129 Å². The van der Waals surface area contributed by atoms with Crippen molar-refractivity contribution in [3.8, 4) is 0 Å². The Bertz CT molecular complexity index is 1560. The number of carboxylic acid groups (broad SMARTS) is 1. The predicted molar refractivity (Wildman–Crippen MR) is 175 cm³/mol. The minimum atomic E-state index is -1.28. The highest BCUT2D eigenvalue weighted by Crippen LogP contribution is 2.28. The summed E-state index contributed by atoms with van der Waals surface area (Å²) in [6.07, 6.45) is 1.80. The monoisotopic (exact) mass is 624 g/mol. The first-order valence-electron chi connectivity index (χ1n) is 15.9. The van der Waals surface area contributed by atoms with E-state index in [9.17, 15) is 24.3 Å². The van der Waals surface area contributed by atoms with Crippen LogP contribution in [-0.2, 0) is 25.7 Å². The molecule has 10 nitrogen and oxygen atoms in total. The van der Waals surface area contributed by atoms with Gasteiger partial charge in [-0.25, -0.2) is 14.5 Å². The summed E-state index contributed by atoms with van der Waals surface area (Å²) >= 11 is 0. The summed E-state index contributed by atoms with van der Waals surface area (Å²) in [6, 6.07) is 25.0. The molecule has 0 aromatic heterocycles. The number of amides is 3. The van der Waals surface area contributed by atoms with Crippen LogP contribution in [0.2, 0.25) is 0 Å². The number of nitrogens with one attached hydrogen (secondary N) is 1. The fourth-order valence-electron chi connectivity index (χ4n) is 6.24. The smallest absolute Gasteiger partial charge is 0.416 e. The molecule has 10 heteroatoms. The molecule has 2 N–H and O–H groups in total. The van der Waals surface area contributed by atoms with Gasteiger partial charge in [0.05, 0.1) is 24.0 Å². The zero-order valence-electron chi connectivity index (χ0n) is 26.0. The summed E-state index contributed by atoms with van der Waals surface area (Å²) in [4.78, 5) is 59.7. The lowest BCUT2D eigenvalue weighted by Gasteiger charge is -2.25. The number of rotatable bonds is 13. The quantitative estimate of drug-likeness (QED) is 0.245. The number of hydrogen-bond donors (Lipinski definition) is 2. The lowest BCUT2D eigenvalue weighted by Crippen LogP contribution is -2.39. The number of aliphatic imine (C=N–C) groups is 1. The number of aliphatic carboxylic acids is 1. The highest BCUT2D eigenvalue weighted by molar-refractivity contribution is 6.17. The zero-order valence-corrected chi connectivity index (χ0v) is 26.0. The van der Waals surface area contributed by atoms with Gasteiger partial charge < -0.3 is 15.2 Å². The Morgan fingerprint density at radius 3 is 2.35 bits per heavy atom. The summed E-state index contributed by atoms with van der Waals surface area (Å²) in [5, 5.41) is 13.6. The Morgan fingerprint density at radius 1 is 0.978 bits per heavy atom. The fourth-order valence-corrected chi connectivity index (χ4v) is 6.24. The number of para-hydroxylation sites is 1. The Labute approximate surface area is 269 Å². The van der Waals surface area contributed by atoms with Gasteiger partial charge in [0.15, 0.2) is 6.04 Å². The molecule has 0 aliphatic carbocycles. The molecule has 0 spiro atoms. The van der Waals surface area contributed by atoms with Crippen LogP contribution in [0.15, 0.2) is 89.9 Å². The molecular formula is C36H40N4O6. The van der Waals surface area contributed by atoms with Crippen molar-refractivity contribution in [2.45, 2.75) is 57.7 Å². The van der Waals surface area contributed by atoms with Gasteiger partial charge >= 0.3 is 12.1 Å². The molecule has 240 valence electrons. The third-order valence-corrected chi connectivity index (χ3v) is 8.51. The van der Waals surface area contributed by atoms with E-state index in [1.165, 1.54) is 0 Å². The summed E-state index contributed by atoms with van der Waals surface area (Å²) in [7, 11) is 0. The molecule has 2 aliphatic rings. The van der Waals surface area contributed by atoms with Crippen molar-refractivity contribution in [3.05, 3.63) is 102 Å². The van der Waals surface area contributed by atoms with E-state index in [1.807, 2.05) is 73.7 Å². The van der Waals surface area contributed by atoms with Gasteiger partial charge in [-0.05, 0) is 37.4 Å². The van der Waals surface area contributed by atoms with E-state index in [0.29, 0.717) is 41.9 Å². The Morgan fingerprint density at radius 2 is 1.67 bits per heavy atom. The van der Waals surface area contributed by atoms with Crippen molar-refractivity contribution in [1.82, 2.24) is 9.80 Å². The van der Waals surface area contributed by atoms with E-state index in [-0.39, 0.29) is 31.5 Å². The summed E-state index contributed by atoms with van der Waals surface area (Å²) in [5.41, 5.74) is 3.30. The van der Waals surface area contributed by atoms with E-state index >= 15 is 0 Å². The zero-order chi connectivity index (χ0) is 32.5. The van der Waals surface area contributed by atoms with Crippen molar-refractivity contribution in [3.63, 3.8) is 0 Å². The van der Waals surface area contributed by atoms with Crippen molar-refractivity contribution >= 4 is 35.3 Å². The van der Waals surface area contributed by atoms with Crippen LogP contribution in [0, 0.1) is 5.92 Å². The first-order valence-corrected chi connectivity index (χ1v) is 15.9. The number of benzene rings is 3. The van der Waals surface area contributed by atoms with Gasteiger partial charge in [-0.3, -0.25) is 19.5 Å². The van der Waals surface area contributed by atoms with Crippen LogP contribution in [-0.4, -0.2) is 76.3 Å². The van der Waals surface area contributed by atoms with Crippen LogP contribution in [0.1, 0.15) is 55.7 Å². The van der Waals surface area contributed by atoms with Crippen molar-refractivity contribution in [1.29, 1.82) is 0 Å². The molecule has 0 bridgehead atoms. The maximum atomic E-state index is 13.8. The second-order valence-electron chi connectivity index (χ2n) is 11.7. The molecule has 2 fully saturated rings. The van der Waals surface area contributed by atoms with Gasteiger partial charge in [0.25, 0.3) is 0 Å². The van der Waals surface area contributed by atoms with Gasteiger partial charge in [0, 0.05) is 30.0 Å². The lowest BCUT2D eigenvalue weighted by atomic mass is 9.90. The number of likely N-dealkylation sites (tertiary alicyclic amines) is 1. The molecule has 5 rings (SSSR count). The van der Waals surface area contributed by atoms with Gasteiger partial charge in [-0.1, -0.05) is 92.2 Å². The number of cyclic esters (lactones) is 1. The third-order valence-electron chi connectivity index (χ3n) is 8.51. The van der Waals surface area contributed by atoms with Gasteiger partial charge in [-0.15, -0.1) is 0 Å². The number of carbonyl (C=O) groups is 4. The number of imide groups is 1. The average molecular weight is 625 g/mol. The summed E-state index contributed by atoms with van der Waals surface area (Å²) in [6.45, 7) is 3.67. The van der Waals surface area contributed by atoms with Crippen LogP contribution in [0.25, 0.3) is 0 Å². The van der Waals surface area contributed by atoms with Crippen LogP contribution < -0.4 is 5.32 Å². The van der Waals surface area contributed by atoms with E-state index in [4.69, 9.17) is 9.73 Å². The van der Waals surface area contributed by atoms with Crippen LogP contribution >= 0.6 is 0 Å². The van der Waals surface area contributed by atoms with E-state index in [1.54, 1.807) is 6.07 Å². The predicted octanol–water partition coefficient (Wildman–Crippen LogP) is 5.37. The number of carboxylic acids is 1. The molecule has 3 aromatic carbocycles. The molecule has 2 aliphatic heterocycles. The maximum Gasteiger partial charge on any atom is 0.416 e. The molecule has 3 atom stereocenters.